The summed E-state index contributed by atoms with van der Waals surface area (Å²) >= 11 is 0. The second-order valence-corrected chi connectivity index (χ2v) is 8.34. The van der Waals surface area contributed by atoms with Crippen molar-refractivity contribution in [2.24, 2.45) is 5.41 Å². The maximum Gasteiger partial charge on any atom is 0.229 e. The number of benzene rings is 2. The van der Waals surface area contributed by atoms with Gasteiger partial charge in [-0.1, -0.05) is 39.0 Å². The number of rotatable bonds is 8. The van der Waals surface area contributed by atoms with E-state index in [-0.39, 0.29) is 11.8 Å². The molecule has 2 amide bonds. The molecule has 0 atom stereocenters. The predicted molar refractivity (Wildman–Crippen MR) is 118 cm³/mol. The zero-order valence-corrected chi connectivity index (χ0v) is 18.1. The monoisotopic (exact) mass is 396 g/mol. The molecule has 0 fully saturated rings. The highest BCUT2D eigenvalue weighted by molar-refractivity contribution is 5.97. The van der Waals surface area contributed by atoms with Gasteiger partial charge in [-0.25, -0.2) is 0 Å². The van der Waals surface area contributed by atoms with Gasteiger partial charge in [-0.05, 0) is 61.6 Å². The van der Waals surface area contributed by atoms with E-state index in [0.717, 1.165) is 36.3 Å². The van der Waals surface area contributed by atoms with Crippen LogP contribution in [0.2, 0.25) is 0 Å². The average Bonchev–Trinajstić information content (AvgIpc) is 2.67. The summed E-state index contributed by atoms with van der Waals surface area (Å²) in [6, 6.07) is 13.6. The minimum absolute atomic E-state index is 0.0170. The van der Waals surface area contributed by atoms with Gasteiger partial charge in [0.2, 0.25) is 11.8 Å². The van der Waals surface area contributed by atoms with Crippen molar-refractivity contribution in [3.8, 4) is 5.75 Å². The molecule has 0 radical (unpaired) electrons. The van der Waals surface area contributed by atoms with E-state index in [1.54, 1.807) is 7.11 Å². The standard InChI is InChI=1S/C24H32N2O3/c1-17-10-13-19(16-21(17)26-23(28)24(2,3)4)25-22(27)9-7-6-8-18-11-14-20(29-5)15-12-18/h10-16H,6-9H2,1-5H3,(H,25,27)(H,26,28). The number of unbranched alkanes of at least 4 members (excludes halogenated alkanes) is 1. The van der Waals surface area contributed by atoms with Gasteiger partial charge < -0.3 is 15.4 Å². The Hall–Kier alpha value is -2.82. The van der Waals surface area contributed by atoms with Crippen LogP contribution in [-0.4, -0.2) is 18.9 Å². The lowest BCUT2D eigenvalue weighted by atomic mass is 9.95. The van der Waals surface area contributed by atoms with Crippen LogP contribution >= 0.6 is 0 Å². The topological polar surface area (TPSA) is 67.4 Å². The van der Waals surface area contributed by atoms with Crippen LogP contribution in [0.1, 0.15) is 51.2 Å². The van der Waals surface area contributed by atoms with Crippen molar-refractivity contribution in [2.75, 3.05) is 17.7 Å². The summed E-state index contributed by atoms with van der Waals surface area (Å²) < 4.78 is 5.16. The summed E-state index contributed by atoms with van der Waals surface area (Å²) in [6.07, 6.45) is 3.16. The lowest BCUT2D eigenvalue weighted by Gasteiger charge is -2.19. The van der Waals surface area contributed by atoms with Gasteiger partial charge in [-0.15, -0.1) is 0 Å². The van der Waals surface area contributed by atoms with Crippen molar-refractivity contribution in [3.63, 3.8) is 0 Å². The second kappa shape index (κ2) is 10.1. The van der Waals surface area contributed by atoms with Crippen LogP contribution in [0.4, 0.5) is 11.4 Å². The molecule has 0 bridgehead atoms. The molecule has 2 N–H and O–H groups in total. The van der Waals surface area contributed by atoms with E-state index in [2.05, 4.69) is 22.8 Å². The number of carbonyl (C=O) groups is 2. The number of methoxy groups -OCH3 is 1. The maximum absolute atomic E-state index is 12.3. The van der Waals surface area contributed by atoms with Gasteiger partial charge >= 0.3 is 0 Å². The molecule has 0 saturated heterocycles. The molecule has 0 spiro atoms. The number of anilines is 2. The fourth-order valence-corrected chi connectivity index (χ4v) is 2.77. The van der Waals surface area contributed by atoms with E-state index in [0.29, 0.717) is 12.1 Å². The molecule has 0 heterocycles. The Bertz CT molecular complexity index is 836. The summed E-state index contributed by atoms with van der Waals surface area (Å²) in [6.45, 7) is 7.54. The molecule has 2 rings (SSSR count). The summed E-state index contributed by atoms with van der Waals surface area (Å²) in [5.74, 6) is 0.781. The third-order valence-corrected chi connectivity index (χ3v) is 4.73. The summed E-state index contributed by atoms with van der Waals surface area (Å²) in [5, 5.41) is 5.87. The Morgan fingerprint density at radius 2 is 1.66 bits per heavy atom. The highest BCUT2D eigenvalue weighted by Crippen LogP contribution is 2.24. The van der Waals surface area contributed by atoms with Gasteiger partial charge in [0, 0.05) is 23.2 Å². The zero-order chi connectivity index (χ0) is 21.4. The molecule has 0 aliphatic rings. The first kappa shape index (κ1) is 22.5. The summed E-state index contributed by atoms with van der Waals surface area (Å²) in [7, 11) is 1.66. The molecular weight excluding hydrogens is 364 g/mol. The van der Waals surface area contributed by atoms with Crippen molar-refractivity contribution in [1.29, 1.82) is 0 Å². The van der Waals surface area contributed by atoms with Crippen LogP contribution in [0.5, 0.6) is 5.75 Å². The van der Waals surface area contributed by atoms with Crippen molar-refractivity contribution < 1.29 is 14.3 Å². The van der Waals surface area contributed by atoms with E-state index in [4.69, 9.17) is 4.74 Å². The van der Waals surface area contributed by atoms with Gasteiger partial charge in [-0.3, -0.25) is 9.59 Å². The fourth-order valence-electron chi connectivity index (χ4n) is 2.77. The number of nitrogens with one attached hydrogen (secondary N) is 2. The van der Waals surface area contributed by atoms with Gasteiger partial charge in [0.05, 0.1) is 7.11 Å². The molecule has 0 unspecified atom stereocenters. The highest BCUT2D eigenvalue weighted by atomic mass is 16.5. The largest absolute Gasteiger partial charge is 0.497 e. The minimum Gasteiger partial charge on any atom is -0.497 e. The Kier molecular flexibility index (Phi) is 7.82. The van der Waals surface area contributed by atoms with E-state index >= 15 is 0 Å². The van der Waals surface area contributed by atoms with E-state index in [1.807, 2.05) is 58.0 Å². The number of amides is 2. The van der Waals surface area contributed by atoms with Crippen LogP contribution in [0.15, 0.2) is 42.5 Å². The first-order chi connectivity index (χ1) is 13.7. The molecule has 0 aliphatic carbocycles. The van der Waals surface area contributed by atoms with Crippen molar-refractivity contribution in [2.45, 2.75) is 53.4 Å². The first-order valence-electron chi connectivity index (χ1n) is 10.0. The van der Waals surface area contributed by atoms with Crippen molar-refractivity contribution in [3.05, 3.63) is 53.6 Å². The van der Waals surface area contributed by atoms with Gasteiger partial charge in [0.15, 0.2) is 0 Å². The Balaban J connectivity index is 1.82. The third kappa shape index (κ3) is 7.26. The fraction of sp³-hybridized carbons (Fsp3) is 0.417. The second-order valence-electron chi connectivity index (χ2n) is 8.34. The highest BCUT2D eigenvalue weighted by Gasteiger charge is 2.21. The zero-order valence-electron chi connectivity index (χ0n) is 18.1. The molecule has 5 heteroatoms. The van der Waals surface area contributed by atoms with E-state index in [9.17, 15) is 9.59 Å². The maximum atomic E-state index is 12.3. The third-order valence-electron chi connectivity index (χ3n) is 4.73. The van der Waals surface area contributed by atoms with Crippen LogP contribution in [-0.2, 0) is 16.0 Å². The number of aryl methyl sites for hydroxylation is 2. The Labute approximate surface area is 173 Å². The first-order valence-corrected chi connectivity index (χ1v) is 10.0. The van der Waals surface area contributed by atoms with E-state index < -0.39 is 5.41 Å². The quantitative estimate of drug-likeness (QED) is 0.592. The average molecular weight is 397 g/mol. The number of ether oxygens (including phenoxy) is 1. The molecule has 2 aromatic rings. The molecule has 156 valence electrons. The number of hydrogen-bond acceptors (Lipinski definition) is 3. The molecule has 29 heavy (non-hydrogen) atoms. The molecule has 5 nitrogen and oxygen atoms in total. The molecule has 0 aromatic heterocycles. The van der Waals surface area contributed by atoms with Gasteiger partial charge in [0.25, 0.3) is 0 Å². The molecule has 2 aromatic carbocycles. The van der Waals surface area contributed by atoms with Crippen molar-refractivity contribution >= 4 is 23.2 Å². The normalized spacial score (nSPS) is 11.1. The van der Waals surface area contributed by atoms with E-state index in [1.165, 1.54) is 5.56 Å². The lowest BCUT2D eigenvalue weighted by Crippen LogP contribution is -2.28. The minimum atomic E-state index is -0.477. The smallest absolute Gasteiger partial charge is 0.229 e. The number of hydrogen-bond donors (Lipinski definition) is 2. The Morgan fingerprint density at radius 3 is 2.28 bits per heavy atom. The molecule has 0 saturated carbocycles. The summed E-state index contributed by atoms with van der Waals surface area (Å²) in [4.78, 5) is 24.5. The molecular formula is C24H32N2O3. The van der Waals surface area contributed by atoms with Crippen LogP contribution in [0, 0.1) is 12.3 Å². The summed E-state index contributed by atoms with van der Waals surface area (Å²) in [5.41, 5.74) is 3.14. The lowest BCUT2D eigenvalue weighted by molar-refractivity contribution is -0.123. The van der Waals surface area contributed by atoms with Crippen LogP contribution in [0.25, 0.3) is 0 Å². The van der Waals surface area contributed by atoms with Crippen LogP contribution in [0.3, 0.4) is 0 Å². The van der Waals surface area contributed by atoms with Crippen molar-refractivity contribution in [1.82, 2.24) is 0 Å². The van der Waals surface area contributed by atoms with Gasteiger partial charge in [0.1, 0.15) is 5.75 Å². The van der Waals surface area contributed by atoms with Gasteiger partial charge in [-0.2, -0.15) is 0 Å². The molecule has 0 aliphatic heterocycles. The Morgan fingerprint density at radius 1 is 0.966 bits per heavy atom. The predicted octanol–water partition coefficient (Wildman–Crippen LogP) is 5.34. The number of carbonyl (C=O) groups excluding carboxylic acids is 2. The van der Waals surface area contributed by atoms with Crippen LogP contribution < -0.4 is 15.4 Å². The SMILES string of the molecule is COc1ccc(CCCCC(=O)Nc2ccc(C)c(NC(=O)C(C)(C)C)c2)cc1.